The van der Waals surface area contributed by atoms with Crippen molar-refractivity contribution in [3.8, 4) is 11.5 Å². The summed E-state index contributed by atoms with van der Waals surface area (Å²) in [6.07, 6.45) is 6.03. The molecule has 0 radical (unpaired) electrons. The molecule has 1 spiro atoms. The van der Waals surface area contributed by atoms with E-state index in [2.05, 4.69) is 0 Å². The van der Waals surface area contributed by atoms with Crippen molar-refractivity contribution in [1.82, 2.24) is 0 Å². The molecular weight excluding hydrogens is 336 g/mol. The minimum Gasteiger partial charge on any atom is -0.504 e. The summed E-state index contributed by atoms with van der Waals surface area (Å²) < 4.78 is 18.4. The minimum absolute atomic E-state index is 0.163. The van der Waals surface area contributed by atoms with Crippen LogP contribution < -0.4 is 4.74 Å². The SMILES string of the molecule is O=C(O)c1cccc(OCC2COC3(O2)C2CC4CC(C2)CC3C4)c1O. The first kappa shape index (κ1) is 16.4. The Morgan fingerprint density at radius 3 is 2.50 bits per heavy atom. The standard InChI is InChI=1S/C20H24O6/c21-18-16(19(22)23)2-1-3-17(18)24-9-15-10-25-20(26-15)13-5-11-4-12(7-13)8-14(20)6-11/h1-3,11-15,21H,4-10H2,(H,22,23). The molecule has 1 unspecified atom stereocenters. The molecule has 1 aliphatic heterocycles. The lowest BCUT2D eigenvalue weighted by Crippen LogP contribution is -2.58. The molecule has 2 N–H and O–H groups in total. The van der Waals surface area contributed by atoms with E-state index < -0.39 is 11.8 Å². The van der Waals surface area contributed by atoms with Gasteiger partial charge in [-0.3, -0.25) is 0 Å². The van der Waals surface area contributed by atoms with Crippen LogP contribution in [0.3, 0.4) is 0 Å². The van der Waals surface area contributed by atoms with Crippen molar-refractivity contribution in [2.24, 2.45) is 23.7 Å². The summed E-state index contributed by atoms with van der Waals surface area (Å²) >= 11 is 0. The zero-order valence-electron chi connectivity index (χ0n) is 14.6. The van der Waals surface area contributed by atoms with Crippen molar-refractivity contribution >= 4 is 5.97 Å². The van der Waals surface area contributed by atoms with Gasteiger partial charge in [-0.15, -0.1) is 0 Å². The second-order valence-corrected chi connectivity index (χ2v) is 8.35. The number of rotatable bonds is 4. The van der Waals surface area contributed by atoms with Gasteiger partial charge >= 0.3 is 5.97 Å². The van der Waals surface area contributed by atoms with Gasteiger partial charge in [0.15, 0.2) is 17.3 Å². The van der Waals surface area contributed by atoms with Crippen LogP contribution in [0, 0.1) is 23.7 Å². The van der Waals surface area contributed by atoms with Crippen molar-refractivity contribution in [3.63, 3.8) is 0 Å². The fraction of sp³-hybridized carbons (Fsp3) is 0.650. The van der Waals surface area contributed by atoms with Crippen LogP contribution in [0.15, 0.2) is 18.2 Å². The Hall–Kier alpha value is -1.79. The molecule has 5 aliphatic rings. The van der Waals surface area contributed by atoms with E-state index in [0.29, 0.717) is 18.4 Å². The lowest BCUT2D eigenvalue weighted by atomic mass is 9.53. The Bertz CT molecular complexity index is 701. The first-order valence-electron chi connectivity index (χ1n) is 9.55. The highest BCUT2D eigenvalue weighted by Gasteiger charge is 2.62. The van der Waals surface area contributed by atoms with Gasteiger partial charge in [0.2, 0.25) is 0 Å². The predicted molar refractivity (Wildman–Crippen MR) is 91.2 cm³/mol. The molecule has 6 heteroatoms. The van der Waals surface area contributed by atoms with Gasteiger partial charge < -0.3 is 24.4 Å². The van der Waals surface area contributed by atoms with E-state index in [1.807, 2.05) is 0 Å². The van der Waals surface area contributed by atoms with Gasteiger partial charge in [0.05, 0.1) is 6.61 Å². The summed E-state index contributed by atoms with van der Waals surface area (Å²) in [6.45, 7) is 0.729. The fourth-order valence-electron chi connectivity index (χ4n) is 5.90. The molecule has 6 nitrogen and oxygen atoms in total. The molecule has 4 saturated carbocycles. The number of ether oxygens (including phenoxy) is 3. The summed E-state index contributed by atoms with van der Waals surface area (Å²) in [7, 11) is 0. The third kappa shape index (κ3) is 2.42. The molecule has 1 aromatic carbocycles. The van der Waals surface area contributed by atoms with E-state index in [1.54, 1.807) is 12.1 Å². The van der Waals surface area contributed by atoms with Gasteiger partial charge in [0.1, 0.15) is 18.3 Å². The molecule has 1 atom stereocenters. The number of carbonyl (C=O) groups is 1. The van der Waals surface area contributed by atoms with Crippen LogP contribution in [0.4, 0.5) is 0 Å². The van der Waals surface area contributed by atoms with Crippen molar-refractivity contribution in [1.29, 1.82) is 0 Å². The van der Waals surface area contributed by atoms with Crippen LogP contribution in [0.25, 0.3) is 0 Å². The van der Waals surface area contributed by atoms with Gasteiger partial charge in [-0.1, -0.05) is 6.07 Å². The quantitative estimate of drug-likeness (QED) is 0.858. The monoisotopic (exact) mass is 360 g/mol. The zero-order chi connectivity index (χ0) is 17.9. The molecule has 0 amide bonds. The van der Waals surface area contributed by atoms with Crippen molar-refractivity contribution < 1.29 is 29.2 Å². The highest BCUT2D eigenvalue weighted by atomic mass is 16.8. The number of carboxylic acids is 1. The number of benzene rings is 1. The highest BCUT2D eigenvalue weighted by molar-refractivity contribution is 5.91. The van der Waals surface area contributed by atoms with Crippen LogP contribution in [0.5, 0.6) is 11.5 Å². The second kappa shape index (κ2) is 5.86. The first-order chi connectivity index (χ1) is 12.5. The first-order valence-corrected chi connectivity index (χ1v) is 9.55. The van der Waals surface area contributed by atoms with Gasteiger partial charge in [-0.05, 0) is 56.1 Å². The number of carboxylic acid groups (broad SMARTS) is 1. The molecule has 4 aliphatic carbocycles. The number of aromatic hydroxyl groups is 1. The molecule has 1 aromatic rings. The summed E-state index contributed by atoms with van der Waals surface area (Å²) in [4.78, 5) is 11.1. The lowest BCUT2D eigenvalue weighted by Gasteiger charge is -2.58. The molecular formula is C20H24O6. The van der Waals surface area contributed by atoms with E-state index in [0.717, 1.165) is 11.8 Å². The van der Waals surface area contributed by atoms with Gasteiger partial charge in [-0.25, -0.2) is 4.79 Å². The lowest BCUT2D eigenvalue weighted by molar-refractivity contribution is -0.295. The third-order valence-electron chi connectivity index (χ3n) is 6.78. The largest absolute Gasteiger partial charge is 0.504 e. The van der Waals surface area contributed by atoms with Gasteiger partial charge in [-0.2, -0.15) is 0 Å². The maximum atomic E-state index is 11.1. The average molecular weight is 360 g/mol. The maximum Gasteiger partial charge on any atom is 0.339 e. The minimum atomic E-state index is -1.18. The molecule has 6 rings (SSSR count). The number of phenols is 1. The Kier molecular flexibility index (Phi) is 3.69. The Labute approximate surface area is 152 Å². The summed E-state index contributed by atoms with van der Waals surface area (Å²) in [5.74, 6) is 0.887. The molecule has 0 aromatic heterocycles. The summed E-state index contributed by atoms with van der Waals surface area (Å²) in [5, 5.41) is 19.2. The number of aromatic carboxylic acids is 1. The van der Waals surface area contributed by atoms with Crippen LogP contribution in [-0.4, -0.2) is 41.3 Å². The van der Waals surface area contributed by atoms with Crippen molar-refractivity contribution in [3.05, 3.63) is 23.8 Å². The zero-order valence-corrected chi connectivity index (χ0v) is 14.6. The number of hydrogen-bond donors (Lipinski definition) is 2. The van der Waals surface area contributed by atoms with E-state index in [-0.39, 0.29) is 29.8 Å². The normalized spacial score (nSPS) is 40.2. The van der Waals surface area contributed by atoms with E-state index in [4.69, 9.17) is 19.3 Å². The molecule has 4 bridgehead atoms. The summed E-state index contributed by atoms with van der Waals surface area (Å²) in [6, 6.07) is 4.48. The van der Waals surface area contributed by atoms with E-state index >= 15 is 0 Å². The van der Waals surface area contributed by atoms with Crippen LogP contribution >= 0.6 is 0 Å². The molecule has 140 valence electrons. The summed E-state index contributed by atoms with van der Waals surface area (Å²) in [5.41, 5.74) is -0.163. The fourth-order valence-corrected chi connectivity index (χ4v) is 5.90. The van der Waals surface area contributed by atoms with Crippen molar-refractivity contribution in [2.45, 2.75) is 44.0 Å². The smallest absolute Gasteiger partial charge is 0.339 e. The Balaban J connectivity index is 1.27. The second-order valence-electron chi connectivity index (χ2n) is 8.35. The van der Waals surface area contributed by atoms with Gasteiger partial charge in [0, 0.05) is 11.8 Å². The predicted octanol–water partition coefficient (Wildman–Crippen LogP) is 3.04. The Morgan fingerprint density at radius 1 is 1.15 bits per heavy atom. The Morgan fingerprint density at radius 2 is 1.85 bits per heavy atom. The molecule has 5 fully saturated rings. The van der Waals surface area contributed by atoms with E-state index in [9.17, 15) is 9.90 Å². The third-order valence-corrected chi connectivity index (χ3v) is 6.78. The average Bonchev–Trinajstić information content (AvgIpc) is 3.03. The topological polar surface area (TPSA) is 85.2 Å². The van der Waals surface area contributed by atoms with Crippen LogP contribution in [-0.2, 0) is 9.47 Å². The van der Waals surface area contributed by atoms with Crippen molar-refractivity contribution in [2.75, 3.05) is 13.2 Å². The number of hydrogen-bond acceptors (Lipinski definition) is 5. The molecule has 26 heavy (non-hydrogen) atoms. The number of para-hydroxylation sites is 1. The van der Waals surface area contributed by atoms with Crippen LogP contribution in [0.1, 0.15) is 42.5 Å². The molecule has 1 heterocycles. The van der Waals surface area contributed by atoms with Crippen LogP contribution in [0.2, 0.25) is 0 Å². The van der Waals surface area contributed by atoms with Gasteiger partial charge in [0.25, 0.3) is 0 Å². The highest BCUT2D eigenvalue weighted by Crippen LogP contribution is 2.61. The van der Waals surface area contributed by atoms with E-state index in [1.165, 1.54) is 38.2 Å². The molecule has 1 saturated heterocycles. The maximum absolute atomic E-state index is 11.1.